The minimum absolute atomic E-state index is 0.0110. The number of rotatable bonds is 7. The molecule has 0 unspecified atom stereocenters. The van der Waals surface area contributed by atoms with Crippen LogP contribution in [0.5, 0.6) is 0 Å². The first-order valence-electron chi connectivity index (χ1n) is 8.55. The van der Waals surface area contributed by atoms with Crippen molar-refractivity contribution in [2.24, 2.45) is 5.92 Å². The van der Waals surface area contributed by atoms with Gasteiger partial charge in [-0.25, -0.2) is 9.78 Å². The van der Waals surface area contributed by atoms with E-state index < -0.39 is 29.6 Å². The van der Waals surface area contributed by atoms with Gasteiger partial charge in [0.2, 0.25) is 0 Å². The minimum Gasteiger partial charge on any atom is -0.465 e. The van der Waals surface area contributed by atoms with Crippen LogP contribution in [0.25, 0.3) is 0 Å². The Kier molecular flexibility index (Phi) is 8.49. The van der Waals surface area contributed by atoms with Gasteiger partial charge in [0.1, 0.15) is 5.60 Å². The second-order valence-electron chi connectivity index (χ2n) is 6.56. The molecule has 0 atom stereocenters. The van der Waals surface area contributed by atoms with Crippen molar-refractivity contribution < 1.29 is 28.6 Å². The summed E-state index contributed by atoms with van der Waals surface area (Å²) < 4.78 is 15.0. The molecule has 27 heavy (non-hydrogen) atoms. The molecule has 0 aromatic carbocycles. The lowest BCUT2D eigenvalue weighted by Crippen LogP contribution is -2.30. The maximum Gasteiger partial charge on any atom is 0.413 e. The number of anilines is 1. The van der Waals surface area contributed by atoms with E-state index in [2.05, 4.69) is 10.3 Å². The number of hydrogen-bond acceptors (Lipinski definition) is 7. The average Bonchev–Trinajstić information content (AvgIpc) is 2.53. The van der Waals surface area contributed by atoms with Crippen LogP contribution in [0, 0.1) is 5.92 Å². The topological polar surface area (TPSA) is 104 Å². The molecule has 0 bridgehead atoms. The predicted molar refractivity (Wildman–Crippen MR) is 99.6 cm³/mol. The molecule has 0 saturated heterocycles. The number of pyridine rings is 1. The zero-order chi connectivity index (χ0) is 20.6. The van der Waals surface area contributed by atoms with Crippen LogP contribution < -0.4 is 5.32 Å². The minimum atomic E-state index is -1.12. The number of hydrogen-bond donors (Lipinski definition) is 1. The van der Waals surface area contributed by atoms with Crippen molar-refractivity contribution in [2.75, 3.05) is 18.5 Å². The molecule has 0 fully saturated rings. The van der Waals surface area contributed by atoms with Gasteiger partial charge in [0.25, 0.3) is 0 Å². The van der Waals surface area contributed by atoms with Crippen LogP contribution >= 0.6 is 11.6 Å². The quantitative estimate of drug-likeness (QED) is 0.425. The molecule has 0 radical (unpaired) electrons. The van der Waals surface area contributed by atoms with Gasteiger partial charge in [-0.2, -0.15) is 0 Å². The molecule has 1 rings (SSSR count). The summed E-state index contributed by atoms with van der Waals surface area (Å²) in [4.78, 5) is 40.0. The summed E-state index contributed by atoms with van der Waals surface area (Å²) in [7, 11) is 0. The van der Waals surface area contributed by atoms with Crippen LogP contribution in [-0.4, -0.2) is 41.8 Å². The van der Waals surface area contributed by atoms with Gasteiger partial charge in [0.05, 0.1) is 18.2 Å². The predicted octanol–water partition coefficient (Wildman–Crippen LogP) is 3.37. The Balaban J connectivity index is 2.90. The Morgan fingerprint density at radius 2 is 1.70 bits per heavy atom. The Morgan fingerprint density at radius 1 is 1.15 bits per heavy atom. The van der Waals surface area contributed by atoms with Gasteiger partial charge in [0.15, 0.2) is 11.7 Å². The van der Waals surface area contributed by atoms with Crippen LogP contribution in [0.4, 0.5) is 10.6 Å². The van der Waals surface area contributed by atoms with Crippen LogP contribution in [0.2, 0.25) is 5.02 Å². The highest BCUT2D eigenvalue weighted by molar-refractivity contribution is 6.33. The summed E-state index contributed by atoms with van der Waals surface area (Å²) in [5.41, 5.74) is -0.149. The molecule has 150 valence electrons. The number of aromatic nitrogens is 1. The molecular weight excluding hydrogens is 376 g/mol. The maximum absolute atomic E-state index is 12.0. The fourth-order valence-corrected chi connectivity index (χ4v) is 2.30. The van der Waals surface area contributed by atoms with E-state index in [1.165, 1.54) is 12.3 Å². The number of esters is 2. The van der Waals surface area contributed by atoms with Crippen molar-refractivity contribution in [1.29, 1.82) is 0 Å². The number of ether oxygens (including phenoxy) is 3. The van der Waals surface area contributed by atoms with E-state index >= 15 is 0 Å². The lowest BCUT2D eigenvalue weighted by atomic mass is 10.0. The van der Waals surface area contributed by atoms with Crippen LogP contribution in [0.15, 0.2) is 12.3 Å². The van der Waals surface area contributed by atoms with E-state index in [0.29, 0.717) is 5.56 Å². The fraction of sp³-hybridized carbons (Fsp3) is 0.556. The van der Waals surface area contributed by atoms with Gasteiger partial charge in [-0.15, -0.1) is 0 Å². The molecule has 8 nitrogen and oxygen atoms in total. The van der Waals surface area contributed by atoms with Crippen LogP contribution in [-0.2, 0) is 30.2 Å². The molecule has 0 saturated carbocycles. The third kappa shape index (κ3) is 7.82. The van der Waals surface area contributed by atoms with E-state index in [-0.39, 0.29) is 30.5 Å². The first-order chi connectivity index (χ1) is 12.6. The summed E-state index contributed by atoms with van der Waals surface area (Å²) in [6, 6.07) is 1.51. The molecule has 1 aromatic rings. The van der Waals surface area contributed by atoms with E-state index in [4.69, 9.17) is 25.8 Å². The van der Waals surface area contributed by atoms with Crippen LogP contribution in [0.3, 0.4) is 0 Å². The number of nitrogens with one attached hydrogen (secondary N) is 1. The molecule has 9 heteroatoms. The summed E-state index contributed by atoms with van der Waals surface area (Å²) in [6.07, 6.45) is 0.724. The molecular formula is C18H25ClN2O6. The molecule has 1 N–H and O–H groups in total. The smallest absolute Gasteiger partial charge is 0.413 e. The highest BCUT2D eigenvalue weighted by Crippen LogP contribution is 2.23. The third-order valence-corrected chi connectivity index (χ3v) is 3.39. The first kappa shape index (κ1) is 22.7. The number of carbonyl (C=O) groups is 3. The third-order valence-electron chi connectivity index (χ3n) is 3.10. The maximum atomic E-state index is 12.0. The average molecular weight is 401 g/mol. The number of halogens is 1. The SMILES string of the molecule is CCOC(=O)C(Cc1cnc(NC(=O)OC(C)(C)C)c(Cl)c1)C(=O)OCC. The number of carbonyl (C=O) groups excluding carboxylic acids is 3. The van der Waals surface area contributed by atoms with Gasteiger partial charge < -0.3 is 14.2 Å². The molecule has 1 amide bonds. The van der Waals surface area contributed by atoms with E-state index in [1.807, 2.05) is 0 Å². The summed E-state index contributed by atoms with van der Waals surface area (Å²) in [5.74, 6) is -2.36. The summed E-state index contributed by atoms with van der Waals surface area (Å²) >= 11 is 6.14. The van der Waals surface area contributed by atoms with Gasteiger partial charge >= 0.3 is 18.0 Å². The van der Waals surface area contributed by atoms with Gasteiger partial charge in [-0.05, 0) is 52.7 Å². The largest absolute Gasteiger partial charge is 0.465 e. The van der Waals surface area contributed by atoms with Crippen molar-refractivity contribution in [3.63, 3.8) is 0 Å². The van der Waals surface area contributed by atoms with E-state index in [9.17, 15) is 14.4 Å². The van der Waals surface area contributed by atoms with Gasteiger partial charge in [-0.1, -0.05) is 11.6 Å². The molecule has 0 aliphatic heterocycles. The van der Waals surface area contributed by atoms with Crippen molar-refractivity contribution in [3.8, 4) is 0 Å². The summed E-state index contributed by atoms with van der Waals surface area (Å²) in [6.45, 7) is 8.78. The van der Waals surface area contributed by atoms with Crippen molar-refractivity contribution in [1.82, 2.24) is 4.98 Å². The molecule has 0 aliphatic rings. The second-order valence-corrected chi connectivity index (χ2v) is 6.97. The highest BCUT2D eigenvalue weighted by atomic mass is 35.5. The van der Waals surface area contributed by atoms with E-state index in [1.54, 1.807) is 34.6 Å². The molecule has 0 spiro atoms. The second kappa shape index (κ2) is 10.1. The van der Waals surface area contributed by atoms with Crippen molar-refractivity contribution >= 4 is 35.5 Å². The molecule has 1 aromatic heterocycles. The van der Waals surface area contributed by atoms with Crippen molar-refractivity contribution in [3.05, 3.63) is 22.8 Å². The van der Waals surface area contributed by atoms with Gasteiger partial charge in [0, 0.05) is 6.20 Å². The Morgan fingerprint density at radius 3 is 2.15 bits per heavy atom. The lowest BCUT2D eigenvalue weighted by Gasteiger charge is -2.19. The highest BCUT2D eigenvalue weighted by Gasteiger charge is 2.30. The number of amides is 1. The molecule has 1 heterocycles. The molecule has 0 aliphatic carbocycles. The van der Waals surface area contributed by atoms with Crippen molar-refractivity contribution in [2.45, 2.75) is 46.6 Å². The lowest BCUT2D eigenvalue weighted by molar-refractivity contribution is -0.161. The monoisotopic (exact) mass is 400 g/mol. The first-order valence-corrected chi connectivity index (χ1v) is 8.92. The Labute approximate surface area is 163 Å². The number of nitrogens with zero attached hydrogens (tertiary/aromatic N) is 1. The van der Waals surface area contributed by atoms with E-state index in [0.717, 1.165) is 0 Å². The fourth-order valence-electron chi connectivity index (χ4n) is 2.07. The zero-order valence-electron chi connectivity index (χ0n) is 16.1. The zero-order valence-corrected chi connectivity index (χ0v) is 16.9. The van der Waals surface area contributed by atoms with Gasteiger partial charge in [-0.3, -0.25) is 14.9 Å². The normalized spacial score (nSPS) is 11.1. The Hall–Kier alpha value is -2.35. The summed E-state index contributed by atoms with van der Waals surface area (Å²) in [5, 5.41) is 2.59. The standard InChI is InChI=1S/C18H25ClN2O6/c1-6-25-15(22)12(16(23)26-7-2)8-11-9-13(19)14(20-10-11)21-17(24)27-18(3,4)5/h9-10,12H,6-8H2,1-5H3,(H,20,21,24). The van der Waals surface area contributed by atoms with Crippen LogP contribution in [0.1, 0.15) is 40.2 Å². The Bertz CT molecular complexity index is 669.